The lowest BCUT2D eigenvalue weighted by molar-refractivity contribution is 0.0945. The molecule has 0 aliphatic rings. The minimum Gasteiger partial charge on any atom is -0.345 e. The molecule has 3 aromatic carbocycles. The first-order valence-corrected chi connectivity index (χ1v) is 14.6. The van der Waals surface area contributed by atoms with E-state index in [1.807, 2.05) is 41.8 Å². The topological polar surface area (TPSA) is 58.1 Å². The first-order valence-electron chi connectivity index (χ1n) is 13.3. The molecule has 0 aliphatic carbocycles. The van der Waals surface area contributed by atoms with Crippen LogP contribution in [0.2, 0.25) is 5.02 Å². The van der Waals surface area contributed by atoms with Crippen LogP contribution in [0.5, 0.6) is 0 Å². The lowest BCUT2D eigenvalue weighted by Gasteiger charge is -2.25. The normalized spacial score (nSPS) is 11.2. The largest absolute Gasteiger partial charge is 0.345 e. The Morgan fingerprint density at radius 2 is 1.60 bits per heavy atom. The van der Waals surface area contributed by atoms with E-state index in [9.17, 15) is 4.79 Å². The van der Waals surface area contributed by atoms with Gasteiger partial charge in [0.05, 0.1) is 18.8 Å². The molecule has 40 heavy (non-hydrogen) atoms. The lowest BCUT2D eigenvalue weighted by Crippen LogP contribution is -2.26. The van der Waals surface area contributed by atoms with E-state index in [2.05, 4.69) is 86.9 Å². The van der Waals surface area contributed by atoms with Gasteiger partial charge >= 0.3 is 0 Å². The number of aromatic nitrogens is 2. The number of carbonyl (C=O) groups is 1. The average Bonchev–Trinajstić information content (AvgIpc) is 3.46. The molecule has 1 amide bonds. The van der Waals surface area contributed by atoms with Crippen LogP contribution in [0.3, 0.4) is 0 Å². The zero-order chi connectivity index (χ0) is 27.6. The number of benzene rings is 3. The summed E-state index contributed by atoms with van der Waals surface area (Å²) in [6.45, 7) is 2.59. The van der Waals surface area contributed by atoms with Gasteiger partial charge in [-0.3, -0.25) is 14.7 Å². The molecule has 2 heterocycles. The quantitative estimate of drug-likeness (QED) is 0.171. The fourth-order valence-electron chi connectivity index (χ4n) is 4.76. The van der Waals surface area contributed by atoms with Gasteiger partial charge in [-0.2, -0.15) is 0 Å². The van der Waals surface area contributed by atoms with Crippen molar-refractivity contribution in [3.05, 3.63) is 153 Å². The van der Waals surface area contributed by atoms with E-state index in [0.717, 1.165) is 40.8 Å². The standard InChI is InChI=1S/C33H31ClN4OS/c34-28-15-9-10-25(20-28)22-38(19-17-30(26-11-3-1-4-12-26)27-13-5-2-6-14-27)23-32-37-31(24-40-32)33(39)36-21-29-16-7-8-18-35-29/h1-16,18,20,24,30H,17,19,21-23H2,(H,36,39). The maximum absolute atomic E-state index is 12.8. The van der Waals surface area contributed by atoms with Gasteiger partial charge in [0.15, 0.2) is 0 Å². The number of nitrogens with one attached hydrogen (secondary N) is 1. The molecule has 0 fully saturated rings. The van der Waals surface area contributed by atoms with E-state index in [0.29, 0.717) is 18.8 Å². The van der Waals surface area contributed by atoms with Crippen LogP contribution in [-0.4, -0.2) is 27.3 Å². The highest BCUT2D eigenvalue weighted by molar-refractivity contribution is 7.09. The molecule has 0 radical (unpaired) electrons. The molecule has 7 heteroatoms. The minimum absolute atomic E-state index is 0.192. The molecule has 2 aromatic heterocycles. The second-order valence-corrected chi connectivity index (χ2v) is 11.0. The summed E-state index contributed by atoms with van der Waals surface area (Å²) >= 11 is 7.82. The summed E-state index contributed by atoms with van der Waals surface area (Å²) in [7, 11) is 0. The molecule has 202 valence electrons. The summed E-state index contributed by atoms with van der Waals surface area (Å²) in [6, 6.07) is 35.0. The minimum atomic E-state index is -0.192. The number of nitrogens with zero attached hydrogens (tertiary/aromatic N) is 3. The van der Waals surface area contributed by atoms with Crippen molar-refractivity contribution in [2.24, 2.45) is 0 Å². The first-order chi connectivity index (χ1) is 19.6. The van der Waals surface area contributed by atoms with Gasteiger partial charge in [-0.15, -0.1) is 11.3 Å². The molecule has 5 aromatic rings. The fraction of sp³-hybridized carbons (Fsp3) is 0.182. The molecular weight excluding hydrogens is 536 g/mol. The predicted octanol–water partition coefficient (Wildman–Crippen LogP) is 7.35. The smallest absolute Gasteiger partial charge is 0.271 e. The van der Waals surface area contributed by atoms with E-state index in [4.69, 9.17) is 11.6 Å². The summed E-state index contributed by atoms with van der Waals surface area (Å²) in [5.74, 6) is 0.0799. The Balaban J connectivity index is 1.30. The summed E-state index contributed by atoms with van der Waals surface area (Å²) in [5, 5.41) is 6.38. The Kier molecular flexibility index (Phi) is 9.69. The molecule has 1 N–H and O–H groups in total. The summed E-state index contributed by atoms with van der Waals surface area (Å²) in [4.78, 5) is 24.1. The van der Waals surface area contributed by atoms with Crippen LogP contribution in [-0.2, 0) is 19.6 Å². The summed E-state index contributed by atoms with van der Waals surface area (Å²) in [6.07, 6.45) is 2.66. The van der Waals surface area contributed by atoms with Crippen LogP contribution in [0.15, 0.2) is 115 Å². The Bertz CT molecular complexity index is 1460. The molecule has 0 unspecified atom stereocenters. The zero-order valence-electron chi connectivity index (χ0n) is 22.1. The lowest BCUT2D eigenvalue weighted by atomic mass is 9.88. The molecule has 0 saturated carbocycles. The monoisotopic (exact) mass is 566 g/mol. The van der Waals surface area contributed by atoms with Gasteiger partial charge in [-0.1, -0.05) is 90.5 Å². The van der Waals surface area contributed by atoms with Crippen molar-refractivity contribution in [1.82, 2.24) is 20.2 Å². The first kappa shape index (κ1) is 27.7. The number of pyridine rings is 1. The number of hydrogen-bond acceptors (Lipinski definition) is 5. The van der Waals surface area contributed by atoms with Gasteiger partial charge in [0, 0.05) is 29.1 Å². The number of carbonyl (C=O) groups excluding carboxylic acids is 1. The van der Waals surface area contributed by atoms with Crippen molar-refractivity contribution in [3.8, 4) is 0 Å². The number of rotatable bonds is 12. The average molecular weight is 567 g/mol. The van der Waals surface area contributed by atoms with E-state index < -0.39 is 0 Å². The number of thiazole rings is 1. The summed E-state index contributed by atoms with van der Waals surface area (Å²) < 4.78 is 0. The van der Waals surface area contributed by atoms with Crippen molar-refractivity contribution in [1.29, 1.82) is 0 Å². The van der Waals surface area contributed by atoms with Gasteiger partial charge in [0.1, 0.15) is 10.7 Å². The molecule has 5 nitrogen and oxygen atoms in total. The molecular formula is C33H31ClN4OS. The van der Waals surface area contributed by atoms with Crippen LogP contribution in [0, 0.1) is 0 Å². The van der Waals surface area contributed by atoms with Gasteiger partial charge in [0.25, 0.3) is 5.91 Å². The molecule has 5 rings (SSSR count). The second-order valence-electron chi connectivity index (χ2n) is 9.63. The molecule has 0 spiro atoms. The molecule has 0 aliphatic heterocycles. The maximum Gasteiger partial charge on any atom is 0.271 e. The van der Waals surface area contributed by atoms with Crippen LogP contribution >= 0.6 is 22.9 Å². The third kappa shape index (κ3) is 7.85. The van der Waals surface area contributed by atoms with Crippen molar-refractivity contribution >= 4 is 28.8 Å². The SMILES string of the molecule is O=C(NCc1ccccn1)c1csc(CN(CCC(c2ccccc2)c2ccccc2)Cc2cccc(Cl)c2)n1. The maximum atomic E-state index is 12.8. The highest BCUT2D eigenvalue weighted by atomic mass is 35.5. The van der Waals surface area contributed by atoms with Crippen molar-refractivity contribution in [3.63, 3.8) is 0 Å². The number of hydrogen-bond donors (Lipinski definition) is 1. The van der Waals surface area contributed by atoms with Crippen LogP contribution in [0.1, 0.15) is 50.2 Å². The third-order valence-corrected chi connectivity index (χ3v) is 7.80. The summed E-state index contributed by atoms with van der Waals surface area (Å²) in [5.41, 5.74) is 5.00. The number of amides is 1. The Hall–Kier alpha value is -3.84. The van der Waals surface area contributed by atoms with Crippen LogP contribution < -0.4 is 5.32 Å². The Morgan fingerprint density at radius 1 is 0.875 bits per heavy atom. The van der Waals surface area contributed by atoms with Crippen LogP contribution in [0.25, 0.3) is 0 Å². The van der Waals surface area contributed by atoms with Crippen LogP contribution in [0.4, 0.5) is 0 Å². The van der Waals surface area contributed by atoms with Gasteiger partial charge in [-0.25, -0.2) is 4.98 Å². The van der Waals surface area contributed by atoms with Crippen molar-refractivity contribution in [2.45, 2.75) is 32.0 Å². The van der Waals surface area contributed by atoms with Crippen molar-refractivity contribution in [2.75, 3.05) is 6.54 Å². The van der Waals surface area contributed by atoms with E-state index in [1.54, 1.807) is 6.20 Å². The molecule has 0 atom stereocenters. The zero-order valence-corrected chi connectivity index (χ0v) is 23.7. The Morgan fingerprint density at radius 3 is 2.27 bits per heavy atom. The predicted molar refractivity (Wildman–Crippen MR) is 162 cm³/mol. The highest BCUT2D eigenvalue weighted by Crippen LogP contribution is 2.29. The fourth-order valence-corrected chi connectivity index (χ4v) is 5.79. The highest BCUT2D eigenvalue weighted by Gasteiger charge is 2.18. The van der Waals surface area contributed by atoms with E-state index >= 15 is 0 Å². The van der Waals surface area contributed by atoms with Gasteiger partial charge in [-0.05, 0) is 53.9 Å². The van der Waals surface area contributed by atoms with Gasteiger partial charge < -0.3 is 5.32 Å². The van der Waals surface area contributed by atoms with E-state index in [-0.39, 0.29) is 11.8 Å². The third-order valence-electron chi connectivity index (χ3n) is 6.73. The van der Waals surface area contributed by atoms with Gasteiger partial charge in [0.2, 0.25) is 0 Å². The Labute approximate surface area is 244 Å². The number of halogens is 1. The van der Waals surface area contributed by atoms with E-state index in [1.165, 1.54) is 22.5 Å². The molecule has 0 bridgehead atoms. The molecule has 0 saturated heterocycles. The van der Waals surface area contributed by atoms with Crippen molar-refractivity contribution < 1.29 is 4.79 Å². The second kappa shape index (κ2) is 14.0.